The monoisotopic (exact) mass is 470 g/mol. The molecule has 32 heavy (non-hydrogen) atoms. The zero-order chi connectivity index (χ0) is 23.1. The maximum Gasteiger partial charge on any atom is 0.281 e. The molecule has 3 aromatic carbocycles. The number of sulfonamides is 2. The Morgan fingerprint density at radius 3 is 1.66 bits per heavy atom. The van der Waals surface area contributed by atoms with E-state index >= 15 is 0 Å². The van der Waals surface area contributed by atoms with Gasteiger partial charge in [-0.1, -0.05) is 70.1 Å². The van der Waals surface area contributed by atoms with Crippen LogP contribution in [0.1, 0.15) is 29.2 Å². The summed E-state index contributed by atoms with van der Waals surface area (Å²) < 4.78 is 55.4. The van der Waals surface area contributed by atoms with E-state index in [1.165, 1.54) is 24.3 Å². The van der Waals surface area contributed by atoms with Crippen molar-refractivity contribution in [3.63, 3.8) is 0 Å². The summed E-state index contributed by atoms with van der Waals surface area (Å²) in [6.07, 6.45) is -0.291. The van der Waals surface area contributed by atoms with E-state index in [2.05, 4.69) is 0 Å². The highest BCUT2D eigenvalue weighted by atomic mass is 32.2. The fraction of sp³-hybridized carbons (Fsp3) is 0.174. The molecule has 1 aliphatic heterocycles. The summed E-state index contributed by atoms with van der Waals surface area (Å²) in [6, 6.07) is 19.6. The first kappa shape index (κ1) is 22.2. The zero-order valence-electron chi connectivity index (χ0n) is 17.5. The Balaban J connectivity index is 1.90. The van der Waals surface area contributed by atoms with E-state index in [0.29, 0.717) is 14.4 Å². The summed E-state index contributed by atoms with van der Waals surface area (Å²) in [4.78, 5) is 12.8. The van der Waals surface area contributed by atoms with Crippen LogP contribution in [0, 0.1) is 13.8 Å². The van der Waals surface area contributed by atoms with Gasteiger partial charge in [-0.25, -0.2) is 8.42 Å². The molecule has 0 saturated carbocycles. The van der Waals surface area contributed by atoms with Crippen LogP contribution in [0.25, 0.3) is 0 Å². The van der Waals surface area contributed by atoms with Gasteiger partial charge in [0, 0.05) is 0 Å². The van der Waals surface area contributed by atoms with Crippen LogP contribution in [0.15, 0.2) is 88.7 Å². The molecule has 9 heteroatoms. The second kappa shape index (κ2) is 8.16. The molecule has 1 amide bonds. The molecule has 1 fully saturated rings. The van der Waals surface area contributed by atoms with Crippen molar-refractivity contribution in [2.45, 2.75) is 36.1 Å². The Morgan fingerprint density at radius 1 is 0.688 bits per heavy atom. The van der Waals surface area contributed by atoms with Crippen molar-refractivity contribution >= 4 is 26.0 Å². The molecule has 0 spiro atoms. The van der Waals surface area contributed by atoms with Crippen molar-refractivity contribution < 1.29 is 21.6 Å². The van der Waals surface area contributed by atoms with Crippen molar-refractivity contribution in [1.82, 2.24) is 8.83 Å². The number of amides is 1. The molecule has 0 aromatic heterocycles. The molecule has 0 N–H and O–H groups in total. The van der Waals surface area contributed by atoms with Crippen LogP contribution in [0.4, 0.5) is 0 Å². The minimum Gasteiger partial charge on any atom is -0.272 e. The molecular weight excluding hydrogens is 448 g/mol. The Morgan fingerprint density at radius 2 is 1.16 bits per heavy atom. The van der Waals surface area contributed by atoms with Crippen LogP contribution < -0.4 is 0 Å². The third-order valence-corrected chi connectivity index (χ3v) is 8.91. The molecule has 0 aliphatic carbocycles. The average Bonchev–Trinajstić information content (AvgIpc) is 3.14. The van der Waals surface area contributed by atoms with Gasteiger partial charge in [-0.05, 0) is 43.7 Å². The van der Waals surface area contributed by atoms with E-state index in [0.717, 1.165) is 11.1 Å². The minimum atomic E-state index is -4.46. The number of aryl methyl sites for hydroxylation is 2. The summed E-state index contributed by atoms with van der Waals surface area (Å²) >= 11 is 0. The van der Waals surface area contributed by atoms with E-state index in [-0.39, 0.29) is 16.2 Å². The van der Waals surface area contributed by atoms with Crippen molar-refractivity contribution in [2.75, 3.05) is 0 Å². The minimum absolute atomic E-state index is 0.0946. The molecule has 1 aliphatic rings. The van der Waals surface area contributed by atoms with Gasteiger partial charge in [0.15, 0.2) is 0 Å². The van der Waals surface area contributed by atoms with Gasteiger partial charge < -0.3 is 0 Å². The first-order valence-electron chi connectivity index (χ1n) is 9.93. The number of hydrogen-bond donors (Lipinski definition) is 0. The summed E-state index contributed by atoms with van der Waals surface area (Å²) in [5.74, 6) is -0.810. The third-order valence-electron chi connectivity index (χ3n) is 5.32. The van der Waals surface area contributed by atoms with E-state index < -0.39 is 32.0 Å². The van der Waals surface area contributed by atoms with Gasteiger partial charge in [0.25, 0.3) is 26.0 Å². The molecule has 1 saturated heterocycles. The summed E-state index contributed by atoms with van der Waals surface area (Å²) in [5, 5.41) is 0. The predicted molar refractivity (Wildman–Crippen MR) is 119 cm³/mol. The lowest BCUT2D eigenvalue weighted by atomic mass is 10.1. The molecule has 1 unspecified atom stereocenters. The summed E-state index contributed by atoms with van der Waals surface area (Å²) in [6.45, 7) is 3.62. The maximum atomic E-state index is 13.7. The number of hydrazine groups is 1. The topological polar surface area (TPSA) is 91.8 Å². The third kappa shape index (κ3) is 3.83. The highest BCUT2D eigenvalue weighted by Crippen LogP contribution is 2.40. The van der Waals surface area contributed by atoms with Crippen LogP contribution in [0.3, 0.4) is 0 Å². The summed E-state index contributed by atoms with van der Waals surface area (Å²) in [7, 11) is -8.84. The zero-order valence-corrected chi connectivity index (χ0v) is 19.2. The van der Waals surface area contributed by atoms with E-state index in [4.69, 9.17) is 0 Å². The summed E-state index contributed by atoms with van der Waals surface area (Å²) in [5.41, 5.74) is 2.21. The number of nitrogens with zero attached hydrogens (tertiary/aromatic N) is 2. The number of carbonyl (C=O) groups excluding carboxylic acids is 1. The van der Waals surface area contributed by atoms with Crippen molar-refractivity contribution in [3.05, 3.63) is 95.6 Å². The predicted octanol–water partition coefficient (Wildman–Crippen LogP) is 3.57. The second-order valence-electron chi connectivity index (χ2n) is 7.68. The fourth-order valence-corrected chi connectivity index (χ4v) is 7.00. The highest BCUT2D eigenvalue weighted by molar-refractivity contribution is 7.92. The Kier molecular flexibility index (Phi) is 5.66. The molecule has 0 bridgehead atoms. The van der Waals surface area contributed by atoms with Crippen LogP contribution in [0.2, 0.25) is 0 Å². The maximum absolute atomic E-state index is 13.7. The number of hydrogen-bond acceptors (Lipinski definition) is 5. The van der Waals surface area contributed by atoms with Gasteiger partial charge in [0.05, 0.1) is 22.3 Å². The fourth-order valence-electron chi connectivity index (χ4n) is 3.61. The van der Waals surface area contributed by atoms with Gasteiger partial charge in [-0.15, -0.1) is 4.41 Å². The van der Waals surface area contributed by atoms with E-state index in [1.54, 1.807) is 61.5 Å². The molecule has 3 aromatic rings. The standard InChI is InChI=1S/C23H22N2O5S2/c1-17-8-12-20(13-9-17)31(27,28)24-22(19-6-4-3-5-7-19)16-23(26)25(24)32(29,30)21-14-10-18(2)11-15-21/h3-15,22H,16H2,1-2H3. The smallest absolute Gasteiger partial charge is 0.272 e. The number of rotatable bonds is 5. The van der Waals surface area contributed by atoms with Gasteiger partial charge in [0.1, 0.15) is 0 Å². The van der Waals surface area contributed by atoms with Crippen molar-refractivity contribution in [2.24, 2.45) is 0 Å². The second-order valence-corrected chi connectivity index (χ2v) is 11.2. The van der Waals surface area contributed by atoms with E-state index in [1.807, 2.05) is 6.92 Å². The molecule has 7 nitrogen and oxygen atoms in total. The van der Waals surface area contributed by atoms with Crippen LogP contribution in [0.5, 0.6) is 0 Å². The molecule has 1 atom stereocenters. The van der Waals surface area contributed by atoms with Gasteiger partial charge in [-0.3, -0.25) is 4.79 Å². The lowest BCUT2D eigenvalue weighted by molar-refractivity contribution is -0.126. The Hall–Kier alpha value is -3.01. The van der Waals surface area contributed by atoms with Crippen LogP contribution >= 0.6 is 0 Å². The van der Waals surface area contributed by atoms with Crippen LogP contribution in [-0.2, 0) is 24.8 Å². The Bertz CT molecular complexity index is 1350. The first-order valence-corrected chi connectivity index (χ1v) is 12.8. The number of benzene rings is 3. The van der Waals surface area contributed by atoms with E-state index in [9.17, 15) is 21.6 Å². The SMILES string of the molecule is Cc1ccc(S(=O)(=O)N2C(=O)CC(c3ccccc3)N2S(=O)(=O)c2ccc(C)cc2)cc1. The van der Waals surface area contributed by atoms with Crippen LogP contribution in [-0.4, -0.2) is 31.6 Å². The lowest BCUT2D eigenvalue weighted by Gasteiger charge is -2.30. The quantitative estimate of drug-likeness (QED) is 0.568. The van der Waals surface area contributed by atoms with Gasteiger partial charge in [0.2, 0.25) is 0 Å². The first-order chi connectivity index (χ1) is 15.1. The molecule has 0 radical (unpaired) electrons. The largest absolute Gasteiger partial charge is 0.281 e. The average molecular weight is 471 g/mol. The molecule has 1 heterocycles. The van der Waals surface area contributed by atoms with Crippen molar-refractivity contribution in [3.8, 4) is 0 Å². The lowest BCUT2D eigenvalue weighted by Crippen LogP contribution is -2.47. The van der Waals surface area contributed by atoms with Gasteiger partial charge in [-0.2, -0.15) is 8.42 Å². The molecule has 4 rings (SSSR count). The highest BCUT2D eigenvalue weighted by Gasteiger charge is 2.52. The Labute approximate surface area is 188 Å². The van der Waals surface area contributed by atoms with Gasteiger partial charge >= 0.3 is 0 Å². The molecule has 166 valence electrons. The normalized spacial score (nSPS) is 17.6. The van der Waals surface area contributed by atoms with Crippen molar-refractivity contribution in [1.29, 1.82) is 0 Å². The molecular formula is C23H22N2O5S2. The number of carbonyl (C=O) groups is 1.